The molecular formula is C25H26N6OS. The number of hydrogen-bond donors (Lipinski definition) is 2. The SMILES string of the molecule is Cc1cc(-c2sc(NC(=O)N3CCNCC34CCC4)nc2-c2cccc(C#N)c2)cc(C)n1. The number of nitrogens with zero attached hydrogens (tertiary/aromatic N) is 4. The van der Waals surface area contributed by atoms with Crippen LogP contribution in [0.4, 0.5) is 9.93 Å². The first kappa shape index (κ1) is 21.6. The Morgan fingerprint density at radius 2 is 1.97 bits per heavy atom. The van der Waals surface area contributed by atoms with Gasteiger partial charge in [-0.25, -0.2) is 9.78 Å². The number of benzene rings is 1. The first-order valence-corrected chi connectivity index (χ1v) is 12.1. The first-order chi connectivity index (χ1) is 16.0. The van der Waals surface area contributed by atoms with Gasteiger partial charge in [0.25, 0.3) is 0 Å². The summed E-state index contributed by atoms with van der Waals surface area (Å²) in [6, 6.07) is 13.6. The van der Waals surface area contributed by atoms with Crippen molar-refractivity contribution >= 4 is 22.5 Å². The molecule has 33 heavy (non-hydrogen) atoms. The maximum absolute atomic E-state index is 13.3. The largest absolute Gasteiger partial charge is 0.324 e. The summed E-state index contributed by atoms with van der Waals surface area (Å²) in [4.78, 5) is 25.6. The number of carbonyl (C=O) groups is 1. The van der Waals surface area contributed by atoms with Crippen LogP contribution in [0.1, 0.15) is 36.2 Å². The number of anilines is 1. The Morgan fingerprint density at radius 1 is 1.18 bits per heavy atom. The summed E-state index contributed by atoms with van der Waals surface area (Å²) in [5.74, 6) is 0. The first-order valence-electron chi connectivity index (χ1n) is 11.2. The summed E-state index contributed by atoms with van der Waals surface area (Å²) in [5, 5.41) is 16.4. The normalized spacial score (nSPS) is 16.8. The van der Waals surface area contributed by atoms with Crippen molar-refractivity contribution in [1.82, 2.24) is 20.2 Å². The second-order valence-electron chi connectivity index (χ2n) is 8.86. The van der Waals surface area contributed by atoms with Gasteiger partial charge in [-0.05, 0) is 62.9 Å². The van der Waals surface area contributed by atoms with E-state index < -0.39 is 0 Å². The Labute approximate surface area is 197 Å². The Balaban J connectivity index is 1.53. The third kappa shape index (κ3) is 4.10. The van der Waals surface area contributed by atoms with E-state index in [1.807, 2.05) is 49.1 Å². The molecule has 168 valence electrons. The highest BCUT2D eigenvalue weighted by molar-refractivity contribution is 7.19. The molecule has 8 heteroatoms. The third-order valence-electron chi connectivity index (χ3n) is 6.52. The lowest BCUT2D eigenvalue weighted by Gasteiger charge is -2.52. The van der Waals surface area contributed by atoms with Gasteiger partial charge in [0.15, 0.2) is 5.13 Å². The van der Waals surface area contributed by atoms with Crippen LogP contribution in [-0.4, -0.2) is 46.1 Å². The molecule has 2 aromatic heterocycles. The van der Waals surface area contributed by atoms with Gasteiger partial charge in [0.05, 0.1) is 27.7 Å². The molecule has 2 amide bonds. The van der Waals surface area contributed by atoms with Gasteiger partial charge in [0.1, 0.15) is 0 Å². The molecule has 1 saturated heterocycles. The predicted octanol–water partition coefficient (Wildman–Crippen LogP) is 4.72. The summed E-state index contributed by atoms with van der Waals surface area (Å²) >= 11 is 1.46. The summed E-state index contributed by atoms with van der Waals surface area (Å²) in [6.45, 7) is 6.30. The third-order valence-corrected chi connectivity index (χ3v) is 7.54. The number of rotatable bonds is 3. The molecule has 0 atom stereocenters. The summed E-state index contributed by atoms with van der Waals surface area (Å²) in [7, 11) is 0. The quantitative estimate of drug-likeness (QED) is 0.592. The second-order valence-corrected chi connectivity index (χ2v) is 9.86. The summed E-state index contributed by atoms with van der Waals surface area (Å²) in [6.07, 6.45) is 3.24. The van der Waals surface area contributed by atoms with Gasteiger partial charge >= 0.3 is 6.03 Å². The number of hydrogen-bond acceptors (Lipinski definition) is 6. The predicted molar refractivity (Wildman–Crippen MR) is 130 cm³/mol. The van der Waals surface area contributed by atoms with Gasteiger partial charge in [-0.15, -0.1) is 0 Å². The van der Waals surface area contributed by atoms with Crippen molar-refractivity contribution in [3.63, 3.8) is 0 Å². The van der Waals surface area contributed by atoms with E-state index in [0.29, 0.717) is 17.2 Å². The molecular weight excluding hydrogens is 432 g/mol. The minimum absolute atomic E-state index is 0.0638. The Kier molecular flexibility index (Phi) is 5.60. The molecule has 1 spiro atoms. The number of aryl methyl sites for hydroxylation is 2. The molecule has 2 N–H and O–H groups in total. The van der Waals surface area contributed by atoms with Gasteiger partial charge in [0, 0.05) is 36.6 Å². The smallest absolute Gasteiger partial charge is 0.316 e. The number of urea groups is 1. The number of nitrogens with one attached hydrogen (secondary N) is 2. The monoisotopic (exact) mass is 458 g/mol. The molecule has 2 fully saturated rings. The fourth-order valence-corrected chi connectivity index (χ4v) is 5.78. The Hall–Kier alpha value is -3.28. The number of pyridine rings is 1. The highest BCUT2D eigenvalue weighted by atomic mass is 32.1. The van der Waals surface area contributed by atoms with Crippen LogP contribution < -0.4 is 10.6 Å². The molecule has 1 aliphatic heterocycles. The standard InChI is InChI=1S/C25H26N6OS/c1-16-11-20(12-17(2)28-16)22-21(19-6-3-5-18(13-19)14-26)29-23(33-22)30-24(32)31-10-9-27-15-25(31)7-4-8-25/h3,5-6,11-13,27H,4,7-10,15H2,1-2H3,(H,29,30,32). The van der Waals surface area contributed by atoms with Crippen molar-refractivity contribution in [2.45, 2.75) is 38.6 Å². The summed E-state index contributed by atoms with van der Waals surface area (Å²) < 4.78 is 0. The number of thiazole rings is 1. The number of carbonyl (C=O) groups excluding carboxylic acids is 1. The van der Waals surface area contributed by atoms with Gasteiger partial charge in [-0.2, -0.15) is 5.26 Å². The van der Waals surface area contributed by atoms with E-state index in [0.717, 1.165) is 65.4 Å². The van der Waals surface area contributed by atoms with Gasteiger partial charge < -0.3 is 10.2 Å². The molecule has 0 radical (unpaired) electrons. The van der Waals surface area contributed by atoms with E-state index >= 15 is 0 Å². The number of nitriles is 1. The molecule has 2 aliphatic rings. The molecule has 1 aromatic carbocycles. The molecule has 3 heterocycles. The van der Waals surface area contributed by atoms with Crippen LogP contribution >= 0.6 is 11.3 Å². The van der Waals surface area contributed by atoms with Gasteiger partial charge in [-0.1, -0.05) is 23.5 Å². The zero-order chi connectivity index (χ0) is 23.0. The highest BCUT2D eigenvalue weighted by Crippen LogP contribution is 2.41. The van der Waals surface area contributed by atoms with E-state index in [4.69, 9.17) is 4.98 Å². The van der Waals surface area contributed by atoms with E-state index in [1.54, 1.807) is 6.07 Å². The van der Waals surface area contributed by atoms with Crippen LogP contribution in [0.3, 0.4) is 0 Å². The van der Waals surface area contributed by atoms with Crippen LogP contribution in [0.15, 0.2) is 36.4 Å². The molecule has 7 nitrogen and oxygen atoms in total. The van der Waals surface area contributed by atoms with Crippen molar-refractivity contribution in [3.05, 3.63) is 53.3 Å². The topological polar surface area (TPSA) is 93.9 Å². The van der Waals surface area contributed by atoms with E-state index in [-0.39, 0.29) is 11.6 Å². The molecule has 1 saturated carbocycles. The maximum atomic E-state index is 13.3. The lowest BCUT2D eigenvalue weighted by atomic mass is 9.74. The second kappa shape index (κ2) is 8.58. The van der Waals surface area contributed by atoms with Crippen molar-refractivity contribution in [2.75, 3.05) is 25.0 Å². The Bertz CT molecular complexity index is 1240. The molecule has 1 aliphatic carbocycles. The average molecular weight is 459 g/mol. The maximum Gasteiger partial charge on any atom is 0.324 e. The van der Waals surface area contributed by atoms with Crippen molar-refractivity contribution in [2.24, 2.45) is 0 Å². The highest BCUT2D eigenvalue weighted by Gasteiger charge is 2.46. The van der Waals surface area contributed by atoms with Crippen LogP contribution in [-0.2, 0) is 0 Å². The summed E-state index contributed by atoms with van der Waals surface area (Å²) in [5.41, 5.74) is 4.98. The zero-order valence-corrected chi connectivity index (χ0v) is 19.6. The average Bonchev–Trinajstić information content (AvgIpc) is 3.21. The molecule has 3 aromatic rings. The number of amides is 2. The van der Waals surface area contributed by atoms with Gasteiger partial charge in [0.2, 0.25) is 0 Å². The van der Waals surface area contributed by atoms with E-state index in [9.17, 15) is 10.1 Å². The van der Waals surface area contributed by atoms with E-state index in [2.05, 4.69) is 21.7 Å². The molecule has 5 rings (SSSR count). The number of piperazine rings is 1. The fourth-order valence-electron chi connectivity index (χ4n) is 4.82. The van der Waals surface area contributed by atoms with Crippen LogP contribution in [0, 0.1) is 25.2 Å². The molecule has 0 unspecified atom stereocenters. The molecule has 0 bridgehead atoms. The van der Waals surface area contributed by atoms with E-state index in [1.165, 1.54) is 11.3 Å². The van der Waals surface area contributed by atoms with Gasteiger partial charge in [-0.3, -0.25) is 10.3 Å². The Morgan fingerprint density at radius 3 is 2.67 bits per heavy atom. The minimum atomic E-state index is -0.0871. The minimum Gasteiger partial charge on any atom is -0.316 e. The van der Waals surface area contributed by atoms with Crippen molar-refractivity contribution < 1.29 is 4.79 Å². The van der Waals surface area contributed by atoms with Crippen LogP contribution in [0.5, 0.6) is 0 Å². The van der Waals surface area contributed by atoms with Crippen LogP contribution in [0.2, 0.25) is 0 Å². The lowest BCUT2D eigenvalue weighted by Crippen LogP contribution is -2.66. The van der Waals surface area contributed by atoms with Crippen molar-refractivity contribution in [1.29, 1.82) is 5.26 Å². The zero-order valence-electron chi connectivity index (χ0n) is 18.8. The lowest BCUT2D eigenvalue weighted by molar-refractivity contribution is 0.0322. The van der Waals surface area contributed by atoms with Crippen LogP contribution in [0.25, 0.3) is 21.7 Å². The number of aromatic nitrogens is 2. The van der Waals surface area contributed by atoms with Crippen molar-refractivity contribution in [3.8, 4) is 27.8 Å². The fraction of sp³-hybridized carbons (Fsp3) is 0.360.